The predicted octanol–water partition coefficient (Wildman–Crippen LogP) is 1.65. The fourth-order valence-corrected chi connectivity index (χ4v) is 1.61. The summed E-state index contributed by atoms with van der Waals surface area (Å²) in [5.74, 6) is -4.72. The average Bonchev–Trinajstić information content (AvgIpc) is 2.79. The molecule has 1 amide bonds. The van der Waals surface area contributed by atoms with Crippen LogP contribution in [0.5, 0.6) is 0 Å². The van der Waals surface area contributed by atoms with Gasteiger partial charge in [-0.3, -0.25) is 9.48 Å². The summed E-state index contributed by atoms with van der Waals surface area (Å²) in [5, 5.41) is 14.9. The van der Waals surface area contributed by atoms with E-state index in [2.05, 4.69) is 10.4 Å². The molecule has 8 heteroatoms. The molecule has 0 saturated carbocycles. The van der Waals surface area contributed by atoms with Crippen LogP contribution >= 0.6 is 0 Å². The Morgan fingerprint density at radius 2 is 1.95 bits per heavy atom. The summed E-state index contributed by atoms with van der Waals surface area (Å²) in [7, 11) is 1.51. The molecule has 0 aliphatic heterocycles. The zero-order chi connectivity index (χ0) is 14.9. The zero-order valence-electron chi connectivity index (χ0n) is 10.2. The summed E-state index contributed by atoms with van der Waals surface area (Å²) in [6, 6.07) is 2.53. The van der Waals surface area contributed by atoms with Gasteiger partial charge < -0.3 is 10.4 Å². The van der Waals surface area contributed by atoms with E-state index in [1.165, 1.54) is 24.0 Å². The van der Waals surface area contributed by atoms with Gasteiger partial charge in [0.25, 0.3) is 5.91 Å². The summed E-state index contributed by atoms with van der Waals surface area (Å²) >= 11 is 0. The van der Waals surface area contributed by atoms with Crippen LogP contribution in [0.2, 0.25) is 0 Å². The Morgan fingerprint density at radius 1 is 1.30 bits per heavy atom. The molecule has 0 aliphatic carbocycles. The van der Waals surface area contributed by atoms with Crippen molar-refractivity contribution in [2.24, 2.45) is 7.05 Å². The van der Waals surface area contributed by atoms with E-state index in [9.17, 15) is 18.4 Å². The number of aromatic nitrogens is 2. The molecule has 2 aromatic rings. The predicted molar refractivity (Wildman–Crippen MR) is 64.5 cm³/mol. The first-order valence-electron chi connectivity index (χ1n) is 5.42. The molecule has 6 nitrogen and oxygen atoms in total. The minimum atomic E-state index is -1.48. The van der Waals surface area contributed by atoms with Gasteiger partial charge in [-0.2, -0.15) is 5.10 Å². The number of hydrogen-bond acceptors (Lipinski definition) is 3. The van der Waals surface area contributed by atoms with Crippen molar-refractivity contribution in [2.45, 2.75) is 0 Å². The van der Waals surface area contributed by atoms with E-state index >= 15 is 0 Å². The zero-order valence-corrected chi connectivity index (χ0v) is 10.2. The minimum Gasteiger partial charge on any atom is -0.478 e. The van der Waals surface area contributed by atoms with Gasteiger partial charge in [0.05, 0.1) is 11.3 Å². The molecule has 2 rings (SSSR count). The fraction of sp³-hybridized carbons (Fsp3) is 0.0833. The molecule has 2 N–H and O–H groups in total. The summed E-state index contributed by atoms with van der Waals surface area (Å²) in [6.07, 6.45) is 1.37. The highest BCUT2D eigenvalue weighted by Gasteiger charge is 2.18. The first kappa shape index (κ1) is 13.7. The first-order valence-corrected chi connectivity index (χ1v) is 5.42. The normalized spacial score (nSPS) is 10.3. The highest BCUT2D eigenvalue weighted by molar-refractivity contribution is 6.06. The summed E-state index contributed by atoms with van der Waals surface area (Å²) < 4.78 is 27.4. The van der Waals surface area contributed by atoms with Crippen LogP contribution in [0.3, 0.4) is 0 Å². The topological polar surface area (TPSA) is 84.2 Å². The van der Waals surface area contributed by atoms with Gasteiger partial charge in [-0.25, -0.2) is 13.6 Å². The molecule has 104 valence electrons. The Labute approximate surface area is 111 Å². The Bertz CT molecular complexity index is 697. The van der Waals surface area contributed by atoms with Crippen LogP contribution in [0.1, 0.15) is 20.8 Å². The summed E-state index contributed by atoms with van der Waals surface area (Å²) in [6.45, 7) is 0. The Hall–Kier alpha value is -2.77. The third-order valence-electron chi connectivity index (χ3n) is 2.59. The standard InChI is InChI=1S/C12H9F2N3O3/c1-17-10(2-3-15-17)11(18)16-9-5-8(14)7(13)4-6(9)12(19)20/h2-5H,1H3,(H,16,18)(H,19,20). The molecule has 20 heavy (non-hydrogen) atoms. The number of aryl methyl sites for hydroxylation is 1. The van der Waals surface area contributed by atoms with Crippen molar-refractivity contribution in [2.75, 3.05) is 5.32 Å². The van der Waals surface area contributed by atoms with Gasteiger partial charge in [0, 0.05) is 19.3 Å². The van der Waals surface area contributed by atoms with E-state index in [1.807, 2.05) is 0 Å². The minimum absolute atomic E-state index is 0.145. The number of rotatable bonds is 3. The molecule has 0 unspecified atom stereocenters. The number of nitrogens with zero attached hydrogens (tertiary/aromatic N) is 2. The highest BCUT2D eigenvalue weighted by atomic mass is 19.2. The maximum absolute atomic E-state index is 13.2. The van der Waals surface area contributed by atoms with Crippen molar-refractivity contribution in [3.63, 3.8) is 0 Å². The molecule has 0 radical (unpaired) electrons. The van der Waals surface area contributed by atoms with Crippen LogP contribution in [-0.2, 0) is 7.05 Å². The van der Waals surface area contributed by atoms with Crippen LogP contribution in [-0.4, -0.2) is 26.8 Å². The quantitative estimate of drug-likeness (QED) is 0.896. The number of benzene rings is 1. The SMILES string of the molecule is Cn1nccc1C(=O)Nc1cc(F)c(F)cc1C(=O)O. The Morgan fingerprint density at radius 3 is 2.50 bits per heavy atom. The lowest BCUT2D eigenvalue weighted by Crippen LogP contribution is -2.18. The van der Waals surface area contributed by atoms with E-state index in [-0.39, 0.29) is 11.4 Å². The van der Waals surface area contributed by atoms with Gasteiger partial charge in [-0.05, 0) is 12.1 Å². The number of carboxylic acid groups (broad SMARTS) is 1. The lowest BCUT2D eigenvalue weighted by molar-refractivity contribution is 0.0697. The second-order valence-corrected chi connectivity index (χ2v) is 3.91. The first-order chi connectivity index (χ1) is 9.40. The van der Waals surface area contributed by atoms with E-state index in [0.717, 1.165) is 0 Å². The molecule has 1 aromatic carbocycles. The number of hydrogen-bond donors (Lipinski definition) is 2. The van der Waals surface area contributed by atoms with Crippen molar-refractivity contribution in [1.82, 2.24) is 9.78 Å². The van der Waals surface area contributed by atoms with Gasteiger partial charge in [-0.1, -0.05) is 0 Å². The molecule has 0 atom stereocenters. The molecule has 0 spiro atoms. The van der Waals surface area contributed by atoms with Crippen molar-refractivity contribution < 1.29 is 23.5 Å². The van der Waals surface area contributed by atoms with Crippen LogP contribution in [0.4, 0.5) is 14.5 Å². The van der Waals surface area contributed by atoms with Crippen molar-refractivity contribution in [3.05, 3.63) is 47.3 Å². The van der Waals surface area contributed by atoms with Crippen molar-refractivity contribution in [1.29, 1.82) is 0 Å². The molecule has 0 fully saturated rings. The van der Waals surface area contributed by atoms with Crippen molar-refractivity contribution in [3.8, 4) is 0 Å². The molecular weight excluding hydrogens is 272 g/mol. The number of carbonyl (C=O) groups excluding carboxylic acids is 1. The summed E-state index contributed by atoms with van der Waals surface area (Å²) in [5.41, 5.74) is -0.729. The molecule has 0 bridgehead atoms. The van der Waals surface area contributed by atoms with E-state index in [1.54, 1.807) is 0 Å². The number of anilines is 1. The molecule has 0 saturated heterocycles. The Kier molecular flexibility index (Phi) is 3.47. The van der Waals surface area contributed by atoms with Crippen LogP contribution < -0.4 is 5.32 Å². The van der Waals surface area contributed by atoms with Crippen LogP contribution in [0, 0.1) is 11.6 Å². The largest absolute Gasteiger partial charge is 0.478 e. The van der Waals surface area contributed by atoms with E-state index in [4.69, 9.17) is 5.11 Å². The monoisotopic (exact) mass is 281 g/mol. The lowest BCUT2D eigenvalue weighted by atomic mass is 10.1. The van der Waals surface area contributed by atoms with Crippen LogP contribution in [0.15, 0.2) is 24.4 Å². The van der Waals surface area contributed by atoms with Crippen molar-refractivity contribution >= 4 is 17.6 Å². The molecule has 1 aromatic heterocycles. The Balaban J connectivity index is 2.38. The van der Waals surface area contributed by atoms with Crippen LogP contribution in [0.25, 0.3) is 0 Å². The second kappa shape index (κ2) is 5.08. The third kappa shape index (κ3) is 2.48. The highest BCUT2D eigenvalue weighted by Crippen LogP contribution is 2.21. The lowest BCUT2D eigenvalue weighted by Gasteiger charge is -2.09. The molecular formula is C12H9F2N3O3. The fourth-order valence-electron chi connectivity index (χ4n) is 1.61. The maximum Gasteiger partial charge on any atom is 0.337 e. The number of carboxylic acids is 1. The number of carbonyl (C=O) groups is 2. The number of aromatic carboxylic acids is 1. The maximum atomic E-state index is 13.2. The molecule has 0 aliphatic rings. The van der Waals surface area contributed by atoms with Gasteiger partial charge in [0.15, 0.2) is 11.6 Å². The number of halogens is 2. The number of nitrogens with one attached hydrogen (secondary N) is 1. The third-order valence-corrected chi connectivity index (χ3v) is 2.59. The second-order valence-electron chi connectivity index (χ2n) is 3.91. The average molecular weight is 281 g/mol. The van der Waals surface area contributed by atoms with Gasteiger partial charge in [0.2, 0.25) is 0 Å². The summed E-state index contributed by atoms with van der Waals surface area (Å²) in [4.78, 5) is 22.8. The van der Waals surface area contributed by atoms with E-state index in [0.29, 0.717) is 12.1 Å². The molecule has 1 heterocycles. The van der Waals surface area contributed by atoms with E-state index < -0.39 is 29.1 Å². The number of amides is 1. The van der Waals surface area contributed by atoms with Gasteiger partial charge in [0.1, 0.15) is 5.69 Å². The smallest absolute Gasteiger partial charge is 0.337 e. The van der Waals surface area contributed by atoms with Gasteiger partial charge >= 0.3 is 5.97 Å². The van der Waals surface area contributed by atoms with Gasteiger partial charge in [-0.15, -0.1) is 0 Å².